The molecule has 1 aliphatic heterocycles. The first-order valence-electron chi connectivity index (χ1n) is 5.91. The molecule has 1 saturated heterocycles. The molecule has 0 saturated carbocycles. The van der Waals surface area contributed by atoms with Crippen molar-refractivity contribution in [2.24, 2.45) is 16.8 Å². The second-order valence-electron chi connectivity index (χ2n) is 4.61. The van der Waals surface area contributed by atoms with E-state index >= 15 is 0 Å². The van der Waals surface area contributed by atoms with E-state index in [2.05, 4.69) is 17.4 Å². The molecule has 0 aliphatic carbocycles. The molecule has 0 bridgehead atoms. The Labute approximate surface area is 106 Å². The number of amides is 1. The van der Waals surface area contributed by atoms with Crippen LogP contribution in [0.3, 0.4) is 0 Å². The molecule has 1 aliphatic rings. The van der Waals surface area contributed by atoms with Gasteiger partial charge in [-0.05, 0) is 31.9 Å². The Morgan fingerprint density at radius 2 is 2.41 bits per heavy atom. The number of nitrogens with zero attached hydrogens (tertiary/aromatic N) is 1. The lowest BCUT2D eigenvalue weighted by Crippen LogP contribution is -2.43. The summed E-state index contributed by atoms with van der Waals surface area (Å²) in [4.78, 5) is 11.9. The maximum Gasteiger partial charge on any atom is 0.230 e. The van der Waals surface area contributed by atoms with Crippen molar-refractivity contribution in [3.05, 3.63) is 0 Å². The summed E-state index contributed by atoms with van der Waals surface area (Å²) in [6.45, 7) is 4.65. The number of rotatable bonds is 5. The monoisotopic (exact) mass is 259 g/mol. The van der Waals surface area contributed by atoms with E-state index in [4.69, 9.17) is 10.9 Å². The molecule has 0 radical (unpaired) electrons. The van der Waals surface area contributed by atoms with E-state index in [9.17, 15) is 4.79 Å². The summed E-state index contributed by atoms with van der Waals surface area (Å²) in [6.07, 6.45) is 2.86. The fourth-order valence-electron chi connectivity index (χ4n) is 1.97. The van der Waals surface area contributed by atoms with Crippen LogP contribution in [0.15, 0.2) is 5.16 Å². The third-order valence-corrected chi connectivity index (χ3v) is 4.67. The minimum Gasteiger partial charge on any atom is -0.409 e. The van der Waals surface area contributed by atoms with Crippen LogP contribution in [0.1, 0.15) is 33.1 Å². The summed E-state index contributed by atoms with van der Waals surface area (Å²) in [7, 11) is 0. The van der Waals surface area contributed by atoms with Crippen LogP contribution in [0.2, 0.25) is 0 Å². The zero-order valence-electron chi connectivity index (χ0n) is 10.4. The van der Waals surface area contributed by atoms with E-state index in [1.807, 2.05) is 18.7 Å². The number of hydrogen-bond donors (Lipinski definition) is 3. The molecule has 0 spiro atoms. The third-order valence-electron chi connectivity index (χ3n) is 3.13. The molecule has 98 valence electrons. The van der Waals surface area contributed by atoms with Crippen LogP contribution in [-0.4, -0.2) is 34.0 Å². The third kappa shape index (κ3) is 3.80. The number of carbonyl (C=O) groups excluding carboxylic acids is 1. The molecule has 1 amide bonds. The standard InChI is InChI=1S/C11H21N3O2S/c1-3-8(9(12)14-16)10(15)13-7-11(2)5-4-6-17-11/h8,16H,3-7H2,1-2H3,(H2,12,14)(H,13,15). The van der Waals surface area contributed by atoms with Gasteiger partial charge in [0.05, 0.1) is 5.92 Å². The van der Waals surface area contributed by atoms with Gasteiger partial charge in [-0.2, -0.15) is 11.8 Å². The van der Waals surface area contributed by atoms with Gasteiger partial charge in [0, 0.05) is 11.3 Å². The van der Waals surface area contributed by atoms with Crippen molar-refractivity contribution < 1.29 is 10.0 Å². The Balaban J connectivity index is 2.48. The average Bonchev–Trinajstić information content (AvgIpc) is 2.75. The SMILES string of the molecule is CCC(C(=O)NCC1(C)CCCS1)C(N)=NO. The highest BCUT2D eigenvalue weighted by molar-refractivity contribution is 8.00. The van der Waals surface area contributed by atoms with Gasteiger partial charge < -0.3 is 16.3 Å². The van der Waals surface area contributed by atoms with Gasteiger partial charge in [0.25, 0.3) is 0 Å². The molecule has 1 rings (SSSR count). The van der Waals surface area contributed by atoms with E-state index in [-0.39, 0.29) is 16.5 Å². The van der Waals surface area contributed by atoms with E-state index in [1.54, 1.807) is 0 Å². The van der Waals surface area contributed by atoms with Gasteiger partial charge >= 0.3 is 0 Å². The van der Waals surface area contributed by atoms with Gasteiger partial charge in [-0.25, -0.2) is 0 Å². The van der Waals surface area contributed by atoms with Crippen molar-refractivity contribution in [2.75, 3.05) is 12.3 Å². The Hall–Kier alpha value is -0.910. The topological polar surface area (TPSA) is 87.7 Å². The second kappa shape index (κ2) is 6.14. The van der Waals surface area contributed by atoms with Crippen LogP contribution in [0.5, 0.6) is 0 Å². The highest BCUT2D eigenvalue weighted by Crippen LogP contribution is 2.36. The van der Waals surface area contributed by atoms with E-state index in [0.29, 0.717) is 13.0 Å². The highest BCUT2D eigenvalue weighted by atomic mass is 32.2. The Kier molecular flexibility index (Phi) is 5.11. The summed E-state index contributed by atoms with van der Waals surface area (Å²) in [5, 5.41) is 14.4. The van der Waals surface area contributed by atoms with Crippen molar-refractivity contribution >= 4 is 23.5 Å². The maximum atomic E-state index is 11.9. The first-order chi connectivity index (χ1) is 8.02. The number of thioether (sulfide) groups is 1. The number of amidine groups is 1. The minimum absolute atomic E-state index is 0.0192. The van der Waals surface area contributed by atoms with Crippen LogP contribution >= 0.6 is 11.8 Å². The molecule has 5 nitrogen and oxygen atoms in total. The van der Waals surface area contributed by atoms with Crippen LogP contribution < -0.4 is 11.1 Å². The Morgan fingerprint density at radius 1 is 1.71 bits per heavy atom. The van der Waals surface area contributed by atoms with Gasteiger partial charge in [-0.3, -0.25) is 4.79 Å². The van der Waals surface area contributed by atoms with Crippen molar-refractivity contribution in [2.45, 2.75) is 37.9 Å². The average molecular weight is 259 g/mol. The van der Waals surface area contributed by atoms with Crippen molar-refractivity contribution in [3.8, 4) is 0 Å². The summed E-state index contributed by atoms with van der Waals surface area (Å²) >= 11 is 1.89. The molecule has 2 atom stereocenters. The number of oxime groups is 1. The molecule has 1 fully saturated rings. The molecular weight excluding hydrogens is 238 g/mol. The fourth-order valence-corrected chi connectivity index (χ4v) is 3.22. The first-order valence-corrected chi connectivity index (χ1v) is 6.90. The molecule has 0 aromatic rings. The molecule has 17 heavy (non-hydrogen) atoms. The van der Waals surface area contributed by atoms with E-state index in [0.717, 1.165) is 12.2 Å². The summed E-state index contributed by atoms with van der Waals surface area (Å²) in [5.74, 6) is 0.449. The van der Waals surface area contributed by atoms with Crippen LogP contribution in [0.25, 0.3) is 0 Å². The number of carbonyl (C=O) groups is 1. The van der Waals surface area contributed by atoms with Crippen molar-refractivity contribution in [3.63, 3.8) is 0 Å². The molecule has 2 unspecified atom stereocenters. The molecule has 1 heterocycles. The minimum atomic E-state index is -0.532. The lowest BCUT2D eigenvalue weighted by molar-refractivity contribution is -0.123. The second-order valence-corrected chi connectivity index (χ2v) is 6.29. The van der Waals surface area contributed by atoms with Gasteiger partial charge in [-0.15, -0.1) is 0 Å². The Bertz CT molecular complexity index is 301. The molecular formula is C11H21N3O2S. The van der Waals surface area contributed by atoms with E-state index < -0.39 is 5.92 Å². The summed E-state index contributed by atoms with van der Waals surface area (Å²) in [6, 6.07) is 0. The maximum absolute atomic E-state index is 11.9. The Morgan fingerprint density at radius 3 is 2.88 bits per heavy atom. The molecule has 0 aromatic heterocycles. The van der Waals surface area contributed by atoms with Gasteiger partial charge in [0.15, 0.2) is 5.84 Å². The van der Waals surface area contributed by atoms with Crippen molar-refractivity contribution in [1.82, 2.24) is 5.32 Å². The van der Waals surface area contributed by atoms with Gasteiger partial charge in [-0.1, -0.05) is 12.1 Å². The molecule has 6 heteroatoms. The highest BCUT2D eigenvalue weighted by Gasteiger charge is 2.31. The predicted molar refractivity (Wildman–Crippen MR) is 70.3 cm³/mol. The smallest absolute Gasteiger partial charge is 0.230 e. The van der Waals surface area contributed by atoms with Crippen LogP contribution in [0, 0.1) is 5.92 Å². The number of hydrogen-bond acceptors (Lipinski definition) is 4. The zero-order chi connectivity index (χ0) is 12.9. The van der Waals surface area contributed by atoms with Crippen LogP contribution in [0.4, 0.5) is 0 Å². The summed E-state index contributed by atoms with van der Waals surface area (Å²) < 4.78 is 0.138. The predicted octanol–water partition coefficient (Wildman–Crippen LogP) is 1.16. The van der Waals surface area contributed by atoms with Gasteiger partial charge in [0.2, 0.25) is 5.91 Å². The van der Waals surface area contributed by atoms with Crippen molar-refractivity contribution in [1.29, 1.82) is 0 Å². The number of nitrogens with two attached hydrogens (primary N) is 1. The zero-order valence-corrected chi connectivity index (χ0v) is 11.2. The quantitative estimate of drug-likeness (QED) is 0.299. The lowest BCUT2D eigenvalue weighted by Gasteiger charge is -2.24. The fraction of sp³-hybridized carbons (Fsp3) is 0.818. The lowest BCUT2D eigenvalue weighted by atomic mass is 10.0. The number of nitrogens with one attached hydrogen (secondary N) is 1. The normalized spacial score (nSPS) is 26.8. The molecule has 4 N–H and O–H groups in total. The summed E-state index contributed by atoms with van der Waals surface area (Å²) in [5.41, 5.74) is 5.48. The molecule has 0 aromatic carbocycles. The van der Waals surface area contributed by atoms with Gasteiger partial charge in [0.1, 0.15) is 0 Å². The largest absolute Gasteiger partial charge is 0.409 e. The van der Waals surface area contributed by atoms with Crippen LogP contribution in [-0.2, 0) is 4.79 Å². The van der Waals surface area contributed by atoms with E-state index in [1.165, 1.54) is 6.42 Å². The first kappa shape index (κ1) is 14.2.